The van der Waals surface area contributed by atoms with Crippen LogP contribution in [0.4, 0.5) is 4.79 Å². The van der Waals surface area contributed by atoms with Gasteiger partial charge in [0.05, 0.1) is 6.61 Å². The summed E-state index contributed by atoms with van der Waals surface area (Å²) in [6, 6.07) is 7.55. The molecule has 0 aliphatic rings. The van der Waals surface area contributed by atoms with Crippen molar-refractivity contribution in [1.82, 2.24) is 5.32 Å². The predicted molar refractivity (Wildman–Crippen MR) is 75.6 cm³/mol. The number of carbonyl (C=O) groups excluding carboxylic acids is 1. The third-order valence-electron chi connectivity index (χ3n) is 2.24. The highest BCUT2D eigenvalue weighted by Crippen LogP contribution is 2.07. The Bertz CT molecular complexity index is 430. The highest BCUT2D eigenvalue weighted by Gasteiger charge is 2.14. The number of rotatable bonds is 4. The van der Waals surface area contributed by atoms with E-state index in [1.165, 1.54) is 0 Å². The Balaban J connectivity index is 2.35. The van der Waals surface area contributed by atoms with E-state index >= 15 is 0 Å². The number of alkyl carbamates (subject to hydrolysis) is 1. The molecular formula is C15H21NO3. The van der Waals surface area contributed by atoms with Crippen LogP contribution in [0.3, 0.4) is 0 Å². The van der Waals surface area contributed by atoms with Crippen molar-refractivity contribution in [3.8, 4) is 0 Å². The Morgan fingerprint density at radius 2 is 1.95 bits per heavy atom. The van der Waals surface area contributed by atoms with Gasteiger partial charge in [-0.15, -0.1) is 0 Å². The molecule has 0 spiro atoms. The van der Waals surface area contributed by atoms with E-state index < -0.39 is 11.7 Å². The quantitative estimate of drug-likeness (QED) is 0.878. The summed E-state index contributed by atoms with van der Waals surface area (Å²) in [7, 11) is 0. The fourth-order valence-electron chi connectivity index (χ4n) is 1.39. The summed E-state index contributed by atoms with van der Waals surface area (Å²) >= 11 is 0. The van der Waals surface area contributed by atoms with Gasteiger partial charge in [0.1, 0.15) is 5.60 Å². The van der Waals surface area contributed by atoms with Crippen molar-refractivity contribution in [1.29, 1.82) is 0 Å². The number of nitrogens with one attached hydrogen (secondary N) is 1. The molecule has 0 fully saturated rings. The Morgan fingerprint density at radius 3 is 2.47 bits per heavy atom. The lowest BCUT2D eigenvalue weighted by Crippen LogP contribution is -2.32. The van der Waals surface area contributed by atoms with Crippen LogP contribution in [-0.4, -0.2) is 23.3 Å². The van der Waals surface area contributed by atoms with Crippen LogP contribution < -0.4 is 5.32 Å². The van der Waals surface area contributed by atoms with Gasteiger partial charge in [0, 0.05) is 6.54 Å². The van der Waals surface area contributed by atoms with Gasteiger partial charge >= 0.3 is 6.09 Å². The first-order chi connectivity index (χ1) is 8.90. The number of carbonyl (C=O) groups is 1. The zero-order chi connectivity index (χ0) is 14.3. The van der Waals surface area contributed by atoms with Crippen LogP contribution in [0.25, 0.3) is 6.08 Å². The van der Waals surface area contributed by atoms with Gasteiger partial charge in [-0.1, -0.05) is 36.4 Å². The Labute approximate surface area is 114 Å². The molecule has 0 saturated carbocycles. The molecular weight excluding hydrogens is 242 g/mol. The van der Waals surface area contributed by atoms with Crippen molar-refractivity contribution in [2.75, 3.05) is 6.54 Å². The van der Waals surface area contributed by atoms with E-state index in [0.717, 1.165) is 11.1 Å². The van der Waals surface area contributed by atoms with Gasteiger partial charge < -0.3 is 15.2 Å². The lowest BCUT2D eigenvalue weighted by atomic mass is 10.1. The van der Waals surface area contributed by atoms with Gasteiger partial charge in [0.2, 0.25) is 0 Å². The Morgan fingerprint density at radius 1 is 1.32 bits per heavy atom. The molecule has 0 aromatic heterocycles. The second-order valence-corrected chi connectivity index (χ2v) is 5.18. The predicted octanol–water partition coefficient (Wildman–Crippen LogP) is 2.72. The van der Waals surface area contributed by atoms with E-state index in [9.17, 15) is 4.79 Å². The highest BCUT2D eigenvalue weighted by molar-refractivity contribution is 5.68. The number of benzene rings is 1. The summed E-state index contributed by atoms with van der Waals surface area (Å²) in [4.78, 5) is 11.4. The van der Waals surface area contributed by atoms with E-state index in [1.807, 2.05) is 57.2 Å². The first kappa shape index (κ1) is 15.2. The molecule has 2 N–H and O–H groups in total. The molecule has 4 nitrogen and oxygen atoms in total. The summed E-state index contributed by atoms with van der Waals surface area (Å²) in [6.45, 7) is 5.93. The summed E-state index contributed by atoms with van der Waals surface area (Å²) in [6.07, 6.45) is 3.32. The monoisotopic (exact) mass is 263 g/mol. The summed E-state index contributed by atoms with van der Waals surface area (Å²) in [5.41, 5.74) is 1.42. The Hall–Kier alpha value is -1.81. The minimum atomic E-state index is -0.478. The number of ether oxygens (including phenoxy) is 1. The largest absolute Gasteiger partial charge is 0.444 e. The number of aliphatic hydroxyl groups excluding tert-OH is 1. The van der Waals surface area contributed by atoms with Crippen molar-refractivity contribution in [2.45, 2.75) is 33.0 Å². The molecule has 0 heterocycles. The minimum Gasteiger partial charge on any atom is -0.444 e. The van der Waals surface area contributed by atoms with Crippen molar-refractivity contribution in [3.05, 3.63) is 41.5 Å². The molecule has 104 valence electrons. The standard InChI is InChI=1S/C15H21NO3/c1-15(2,3)19-14(18)16-10-4-5-12-6-8-13(11-17)9-7-12/h4-9,17H,10-11H2,1-3H3,(H,16,18)/b5-4+. The van der Waals surface area contributed by atoms with Gasteiger partial charge in [0.15, 0.2) is 0 Å². The maximum absolute atomic E-state index is 11.4. The Kier molecular flexibility index (Phi) is 5.57. The molecule has 1 aromatic rings. The van der Waals surface area contributed by atoms with Crippen LogP contribution in [0.1, 0.15) is 31.9 Å². The maximum Gasteiger partial charge on any atom is 0.407 e. The first-order valence-corrected chi connectivity index (χ1v) is 6.24. The van der Waals surface area contributed by atoms with Crippen LogP contribution >= 0.6 is 0 Å². The zero-order valence-corrected chi connectivity index (χ0v) is 11.6. The molecule has 0 aliphatic heterocycles. The fraction of sp³-hybridized carbons (Fsp3) is 0.400. The summed E-state index contributed by atoms with van der Waals surface area (Å²) in [5, 5.41) is 11.6. The SMILES string of the molecule is CC(C)(C)OC(=O)NC/C=C/c1ccc(CO)cc1. The minimum absolute atomic E-state index is 0.0458. The molecule has 0 unspecified atom stereocenters. The third kappa shape index (κ3) is 6.62. The molecule has 1 aromatic carbocycles. The van der Waals surface area contributed by atoms with Crippen LogP contribution in [0.2, 0.25) is 0 Å². The number of hydrogen-bond donors (Lipinski definition) is 2. The van der Waals surface area contributed by atoms with Gasteiger partial charge in [-0.3, -0.25) is 0 Å². The average Bonchev–Trinajstić information content (AvgIpc) is 2.33. The zero-order valence-electron chi connectivity index (χ0n) is 11.6. The van der Waals surface area contributed by atoms with E-state index in [4.69, 9.17) is 9.84 Å². The number of aliphatic hydroxyl groups is 1. The highest BCUT2D eigenvalue weighted by atomic mass is 16.6. The van der Waals surface area contributed by atoms with Gasteiger partial charge in [-0.25, -0.2) is 4.79 Å². The van der Waals surface area contributed by atoms with Crippen molar-refractivity contribution in [2.24, 2.45) is 0 Å². The van der Waals surface area contributed by atoms with Gasteiger partial charge in [-0.2, -0.15) is 0 Å². The van der Waals surface area contributed by atoms with Crippen molar-refractivity contribution >= 4 is 12.2 Å². The maximum atomic E-state index is 11.4. The molecule has 1 amide bonds. The van der Waals surface area contributed by atoms with E-state index in [2.05, 4.69) is 5.32 Å². The normalized spacial score (nSPS) is 11.6. The van der Waals surface area contributed by atoms with Gasteiger partial charge in [-0.05, 0) is 31.9 Å². The molecule has 4 heteroatoms. The van der Waals surface area contributed by atoms with E-state index in [1.54, 1.807) is 0 Å². The average molecular weight is 263 g/mol. The number of hydrogen-bond acceptors (Lipinski definition) is 3. The first-order valence-electron chi connectivity index (χ1n) is 6.24. The van der Waals surface area contributed by atoms with E-state index in [-0.39, 0.29) is 6.61 Å². The van der Waals surface area contributed by atoms with Crippen LogP contribution in [-0.2, 0) is 11.3 Å². The lowest BCUT2D eigenvalue weighted by Gasteiger charge is -2.19. The molecule has 0 aliphatic carbocycles. The van der Waals surface area contributed by atoms with Crippen molar-refractivity contribution < 1.29 is 14.6 Å². The summed E-state index contributed by atoms with van der Waals surface area (Å²) < 4.78 is 5.11. The molecule has 19 heavy (non-hydrogen) atoms. The molecule has 0 bridgehead atoms. The number of amides is 1. The lowest BCUT2D eigenvalue weighted by molar-refractivity contribution is 0.0534. The van der Waals surface area contributed by atoms with Gasteiger partial charge in [0.25, 0.3) is 0 Å². The molecule has 0 saturated heterocycles. The van der Waals surface area contributed by atoms with Crippen LogP contribution in [0, 0.1) is 0 Å². The topological polar surface area (TPSA) is 58.6 Å². The smallest absolute Gasteiger partial charge is 0.407 e. The second-order valence-electron chi connectivity index (χ2n) is 5.18. The van der Waals surface area contributed by atoms with Crippen molar-refractivity contribution in [3.63, 3.8) is 0 Å². The molecule has 0 atom stereocenters. The van der Waals surface area contributed by atoms with E-state index in [0.29, 0.717) is 6.54 Å². The molecule has 0 radical (unpaired) electrons. The summed E-state index contributed by atoms with van der Waals surface area (Å²) in [5.74, 6) is 0. The van der Waals surface area contributed by atoms with Crippen LogP contribution in [0.5, 0.6) is 0 Å². The fourth-order valence-corrected chi connectivity index (χ4v) is 1.39. The van der Waals surface area contributed by atoms with Crippen LogP contribution in [0.15, 0.2) is 30.3 Å². The molecule has 1 rings (SSSR count). The third-order valence-corrected chi connectivity index (χ3v) is 2.24. The second kappa shape index (κ2) is 6.95.